The highest BCUT2D eigenvalue weighted by Gasteiger charge is 2.29. The van der Waals surface area contributed by atoms with Crippen molar-refractivity contribution in [1.82, 2.24) is 14.9 Å². The topological polar surface area (TPSA) is 49.3 Å². The molecule has 0 bridgehead atoms. The summed E-state index contributed by atoms with van der Waals surface area (Å²) < 4.78 is 0. The summed E-state index contributed by atoms with van der Waals surface area (Å²) >= 11 is 0. The predicted molar refractivity (Wildman–Crippen MR) is 118 cm³/mol. The zero-order valence-corrected chi connectivity index (χ0v) is 18.7. The normalized spacial score (nSPS) is 15.4. The number of nitrogens with zero attached hydrogens (tertiary/aromatic N) is 4. The molecule has 3 rings (SSSR count). The molecule has 29 heavy (non-hydrogen) atoms. The Morgan fingerprint density at radius 1 is 0.966 bits per heavy atom. The molecule has 0 saturated carbocycles. The Morgan fingerprint density at radius 2 is 1.66 bits per heavy atom. The predicted octanol–water partition coefficient (Wildman–Crippen LogP) is 4.08. The largest absolute Gasteiger partial charge is 0.354 e. The highest BCUT2D eigenvalue weighted by Crippen LogP contribution is 2.26. The molecule has 0 spiro atoms. The Balaban J connectivity index is 1.86. The lowest BCUT2D eigenvalue weighted by molar-refractivity contribution is -0.139. The van der Waals surface area contributed by atoms with E-state index in [1.54, 1.807) is 0 Å². The lowest BCUT2D eigenvalue weighted by Gasteiger charge is -2.29. The van der Waals surface area contributed by atoms with Crippen LogP contribution in [0.25, 0.3) is 0 Å². The average Bonchev–Trinajstić information content (AvgIpc) is 2.90. The SMILES string of the molecule is Cc1ccc(Cc2c(C)nc(C)nc2N2CCCN(C(=O)C(C)(C)C)CC2)cc1. The molecule has 0 radical (unpaired) electrons. The van der Waals surface area contributed by atoms with Crippen molar-refractivity contribution >= 4 is 11.7 Å². The van der Waals surface area contributed by atoms with E-state index in [2.05, 4.69) is 48.0 Å². The van der Waals surface area contributed by atoms with Crippen molar-refractivity contribution in [3.8, 4) is 0 Å². The second-order valence-corrected chi connectivity index (χ2v) is 9.20. The van der Waals surface area contributed by atoms with Gasteiger partial charge >= 0.3 is 0 Å². The molecule has 0 unspecified atom stereocenters. The molecule has 1 saturated heterocycles. The van der Waals surface area contributed by atoms with Crippen LogP contribution in [0.3, 0.4) is 0 Å². The highest BCUT2D eigenvalue weighted by atomic mass is 16.2. The molecule has 0 N–H and O–H groups in total. The first-order valence-corrected chi connectivity index (χ1v) is 10.6. The fourth-order valence-corrected chi connectivity index (χ4v) is 3.90. The van der Waals surface area contributed by atoms with Crippen LogP contribution in [0.5, 0.6) is 0 Å². The number of anilines is 1. The van der Waals surface area contributed by atoms with Gasteiger partial charge in [-0.15, -0.1) is 0 Å². The summed E-state index contributed by atoms with van der Waals surface area (Å²) in [6, 6.07) is 8.68. The monoisotopic (exact) mass is 394 g/mol. The smallest absolute Gasteiger partial charge is 0.228 e. The van der Waals surface area contributed by atoms with Crippen molar-refractivity contribution in [2.75, 3.05) is 31.1 Å². The van der Waals surface area contributed by atoms with Crippen molar-refractivity contribution in [1.29, 1.82) is 0 Å². The van der Waals surface area contributed by atoms with Gasteiger partial charge in [-0.05, 0) is 32.8 Å². The number of benzene rings is 1. The number of carbonyl (C=O) groups excluding carboxylic acids is 1. The molecule has 5 heteroatoms. The molecular formula is C24H34N4O. The number of hydrogen-bond acceptors (Lipinski definition) is 4. The zero-order valence-electron chi connectivity index (χ0n) is 18.7. The summed E-state index contributed by atoms with van der Waals surface area (Å²) in [4.78, 5) is 26.6. The maximum atomic E-state index is 12.7. The van der Waals surface area contributed by atoms with Crippen molar-refractivity contribution in [2.45, 2.75) is 54.4 Å². The maximum Gasteiger partial charge on any atom is 0.228 e. The molecule has 0 atom stereocenters. The number of rotatable bonds is 3. The first-order valence-electron chi connectivity index (χ1n) is 10.6. The molecule has 1 aliphatic rings. The van der Waals surface area contributed by atoms with E-state index in [1.165, 1.54) is 16.7 Å². The van der Waals surface area contributed by atoms with Crippen molar-refractivity contribution in [3.05, 3.63) is 52.5 Å². The van der Waals surface area contributed by atoms with E-state index < -0.39 is 0 Å². The van der Waals surface area contributed by atoms with Gasteiger partial charge in [0.05, 0.1) is 0 Å². The quantitative estimate of drug-likeness (QED) is 0.787. The van der Waals surface area contributed by atoms with Crippen molar-refractivity contribution in [2.24, 2.45) is 5.41 Å². The first-order chi connectivity index (χ1) is 13.6. The minimum absolute atomic E-state index is 0.231. The van der Waals surface area contributed by atoms with E-state index in [0.717, 1.165) is 56.4 Å². The van der Waals surface area contributed by atoms with Gasteiger partial charge in [-0.3, -0.25) is 4.79 Å². The highest BCUT2D eigenvalue weighted by molar-refractivity contribution is 5.81. The number of hydrogen-bond donors (Lipinski definition) is 0. The standard InChI is InChI=1S/C24H34N4O/c1-17-8-10-20(11-9-17)16-21-18(2)25-19(3)26-22(21)27-12-7-13-28(15-14-27)23(29)24(4,5)6/h8-11H,7,12-16H2,1-6H3. The molecule has 1 amide bonds. The van der Waals surface area contributed by atoms with Crippen LogP contribution in [-0.4, -0.2) is 47.0 Å². The fourth-order valence-electron chi connectivity index (χ4n) is 3.90. The van der Waals surface area contributed by atoms with Crippen molar-refractivity contribution < 1.29 is 4.79 Å². The Labute approximate surface area is 175 Å². The molecule has 156 valence electrons. The number of carbonyl (C=O) groups is 1. The third-order valence-corrected chi connectivity index (χ3v) is 5.53. The van der Waals surface area contributed by atoms with Gasteiger partial charge in [0.1, 0.15) is 11.6 Å². The third kappa shape index (κ3) is 5.14. The van der Waals surface area contributed by atoms with Crippen LogP contribution >= 0.6 is 0 Å². The molecule has 2 aromatic rings. The Hall–Kier alpha value is -2.43. The number of aromatic nitrogens is 2. The number of amides is 1. The minimum atomic E-state index is -0.339. The molecule has 1 fully saturated rings. The van der Waals surface area contributed by atoms with E-state index >= 15 is 0 Å². The van der Waals surface area contributed by atoms with Gasteiger partial charge in [0.15, 0.2) is 0 Å². The second-order valence-electron chi connectivity index (χ2n) is 9.20. The van der Waals surface area contributed by atoms with Crippen molar-refractivity contribution in [3.63, 3.8) is 0 Å². The second kappa shape index (κ2) is 8.52. The first kappa shape index (κ1) is 21.3. The van der Waals surface area contributed by atoms with E-state index in [9.17, 15) is 4.79 Å². The van der Waals surface area contributed by atoms with Gasteiger partial charge in [0.25, 0.3) is 0 Å². The number of aryl methyl sites for hydroxylation is 3. The van der Waals surface area contributed by atoms with Gasteiger partial charge in [-0.1, -0.05) is 50.6 Å². The zero-order chi connectivity index (χ0) is 21.2. The van der Waals surface area contributed by atoms with Crippen LogP contribution in [0.15, 0.2) is 24.3 Å². The Kier molecular flexibility index (Phi) is 6.25. The molecule has 1 aliphatic heterocycles. The molecular weight excluding hydrogens is 360 g/mol. The van der Waals surface area contributed by atoms with Crippen LogP contribution in [0.4, 0.5) is 5.82 Å². The third-order valence-electron chi connectivity index (χ3n) is 5.53. The molecule has 5 nitrogen and oxygen atoms in total. The van der Waals surface area contributed by atoms with Crippen LogP contribution < -0.4 is 4.90 Å². The van der Waals surface area contributed by atoms with E-state index in [-0.39, 0.29) is 11.3 Å². The van der Waals surface area contributed by atoms with Crippen LogP contribution in [-0.2, 0) is 11.2 Å². The van der Waals surface area contributed by atoms with E-state index in [4.69, 9.17) is 4.98 Å². The summed E-state index contributed by atoms with van der Waals surface area (Å²) in [7, 11) is 0. The molecule has 2 heterocycles. The lowest BCUT2D eigenvalue weighted by Crippen LogP contribution is -2.41. The minimum Gasteiger partial charge on any atom is -0.354 e. The van der Waals surface area contributed by atoms with E-state index in [1.807, 2.05) is 32.6 Å². The van der Waals surface area contributed by atoms with E-state index in [0.29, 0.717) is 0 Å². The fraction of sp³-hybridized carbons (Fsp3) is 0.542. The Morgan fingerprint density at radius 3 is 2.31 bits per heavy atom. The van der Waals surface area contributed by atoms with Crippen LogP contribution in [0.2, 0.25) is 0 Å². The molecule has 1 aromatic heterocycles. The lowest BCUT2D eigenvalue weighted by atomic mass is 9.94. The van der Waals surface area contributed by atoms with Gasteiger partial charge in [0, 0.05) is 49.3 Å². The van der Waals surface area contributed by atoms with Crippen LogP contribution in [0.1, 0.15) is 55.4 Å². The summed E-state index contributed by atoms with van der Waals surface area (Å²) in [5, 5.41) is 0. The summed E-state index contributed by atoms with van der Waals surface area (Å²) in [6.07, 6.45) is 1.77. The van der Waals surface area contributed by atoms with Gasteiger partial charge < -0.3 is 9.80 Å². The summed E-state index contributed by atoms with van der Waals surface area (Å²) in [5.74, 6) is 2.06. The van der Waals surface area contributed by atoms with Crippen LogP contribution in [0, 0.1) is 26.2 Å². The Bertz CT molecular complexity index is 868. The maximum absolute atomic E-state index is 12.7. The summed E-state index contributed by atoms with van der Waals surface area (Å²) in [5.41, 5.74) is 4.43. The van der Waals surface area contributed by atoms with Gasteiger partial charge in [-0.2, -0.15) is 0 Å². The van der Waals surface area contributed by atoms with Gasteiger partial charge in [0.2, 0.25) is 5.91 Å². The molecule has 0 aliphatic carbocycles. The summed E-state index contributed by atoms with van der Waals surface area (Å²) in [6.45, 7) is 15.4. The molecule has 1 aromatic carbocycles. The van der Waals surface area contributed by atoms with Gasteiger partial charge in [-0.25, -0.2) is 9.97 Å². The average molecular weight is 395 g/mol.